The molecule has 0 aromatic carbocycles. The molecule has 1 aliphatic rings. The number of nitrogens with zero attached hydrogens (tertiary/aromatic N) is 1. The predicted molar refractivity (Wildman–Crippen MR) is 70.4 cm³/mol. The molecule has 16 heavy (non-hydrogen) atoms. The highest BCUT2D eigenvalue weighted by molar-refractivity contribution is 5.02. The van der Waals surface area contributed by atoms with Gasteiger partial charge in [-0.2, -0.15) is 0 Å². The lowest BCUT2D eigenvalue weighted by molar-refractivity contribution is 0.182. The Morgan fingerprint density at radius 2 is 2.25 bits per heavy atom. The van der Waals surface area contributed by atoms with E-state index in [-0.39, 0.29) is 5.54 Å². The Morgan fingerprint density at radius 3 is 2.81 bits per heavy atom. The molecule has 0 spiro atoms. The number of rotatable bonds is 4. The minimum absolute atomic E-state index is 0.235. The van der Waals surface area contributed by atoms with Gasteiger partial charge in [-0.3, -0.25) is 4.90 Å². The maximum atomic E-state index is 5.66. The van der Waals surface area contributed by atoms with E-state index in [2.05, 4.69) is 36.9 Å². The monoisotopic (exact) mass is 222 g/mol. The number of nitrogens with one attached hydrogen (secondary N) is 1. The molecule has 2 heteroatoms. The van der Waals surface area contributed by atoms with Crippen LogP contribution in [-0.4, -0.2) is 36.1 Å². The fourth-order valence-corrected chi connectivity index (χ4v) is 2.40. The zero-order valence-corrected chi connectivity index (χ0v) is 11.1. The van der Waals surface area contributed by atoms with Crippen molar-refractivity contribution in [1.29, 1.82) is 0 Å². The van der Waals surface area contributed by atoms with Gasteiger partial charge in [0, 0.05) is 18.6 Å². The molecule has 2 nitrogen and oxygen atoms in total. The van der Waals surface area contributed by atoms with Crippen LogP contribution in [0.2, 0.25) is 0 Å². The normalized spacial score (nSPS) is 29.4. The molecule has 0 aromatic heterocycles. The third kappa shape index (κ3) is 3.50. The summed E-state index contributed by atoms with van der Waals surface area (Å²) < 4.78 is 0. The van der Waals surface area contributed by atoms with Gasteiger partial charge in [0.15, 0.2) is 0 Å². The van der Waals surface area contributed by atoms with Crippen LogP contribution in [-0.2, 0) is 0 Å². The van der Waals surface area contributed by atoms with Crippen LogP contribution in [0.4, 0.5) is 0 Å². The topological polar surface area (TPSA) is 15.3 Å². The van der Waals surface area contributed by atoms with Gasteiger partial charge in [0.1, 0.15) is 0 Å². The summed E-state index contributed by atoms with van der Waals surface area (Å²) in [4.78, 5) is 2.49. The van der Waals surface area contributed by atoms with E-state index in [1.54, 1.807) is 0 Å². The van der Waals surface area contributed by atoms with E-state index in [0.717, 1.165) is 32.5 Å². The van der Waals surface area contributed by atoms with Crippen molar-refractivity contribution in [3.8, 4) is 12.3 Å². The Morgan fingerprint density at radius 1 is 1.50 bits per heavy atom. The standard InChI is InChI=1S/C14H26N2/c1-5-9-13(6-2)16-11-8-10-15-14(4,7-3)12-16/h2,13,15H,5,7-12H2,1,3-4H3. The zero-order valence-electron chi connectivity index (χ0n) is 11.1. The highest BCUT2D eigenvalue weighted by Gasteiger charge is 2.29. The van der Waals surface area contributed by atoms with Crippen LogP contribution in [0, 0.1) is 12.3 Å². The van der Waals surface area contributed by atoms with Crippen molar-refractivity contribution in [3.63, 3.8) is 0 Å². The molecule has 1 rings (SSSR count). The van der Waals surface area contributed by atoms with Gasteiger partial charge in [-0.1, -0.05) is 26.2 Å². The van der Waals surface area contributed by atoms with Gasteiger partial charge in [-0.25, -0.2) is 0 Å². The second kappa shape index (κ2) is 6.27. The van der Waals surface area contributed by atoms with Crippen LogP contribution in [0.25, 0.3) is 0 Å². The summed E-state index contributed by atoms with van der Waals surface area (Å²) in [6.45, 7) is 10.1. The highest BCUT2D eigenvalue weighted by Crippen LogP contribution is 2.18. The quantitative estimate of drug-likeness (QED) is 0.734. The van der Waals surface area contributed by atoms with Crippen LogP contribution in [0.5, 0.6) is 0 Å². The third-order valence-corrected chi connectivity index (χ3v) is 3.70. The maximum absolute atomic E-state index is 5.66. The molecular formula is C14H26N2. The molecule has 1 saturated heterocycles. The highest BCUT2D eigenvalue weighted by atomic mass is 15.2. The molecule has 1 N–H and O–H groups in total. The molecule has 2 atom stereocenters. The van der Waals surface area contributed by atoms with Crippen molar-refractivity contribution >= 4 is 0 Å². The lowest BCUT2D eigenvalue weighted by Gasteiger charge is -2.35. The number of hydrogen-bond acceptors (Lipinski definition) is 2. The van der Waals surface area contributed by atoms with Gasteiger partial charge in [-0.05, 0) is 32.7 Å². The van der Waals surface area contributed by atoms with Gasteiger partial charge in [0.05, 0.1) is 6.04 Å². The maximum Gasteiger partial charge on any atom is 0.0712 e. The van der Waals surface area contributed by atoms with E-state index in [0.29, 0.717) is 6.04 Å². The molecule has 1 fully saturated rings. The van der Waals surface area contributed by atoms with E-state index in [1.165, 1.54) is 12.8 Å². The van der Waals surface area contributed by atoms with Gasteiger partial charge in [-0.15, -0.1) is 6.42 Å². The largest absolute Gasteiger partial charge is 0.310 e. The molecule has 0 aromatic rings. The summed E-state index contributed by atoms with van der Waals surface area (Å²) in [5, 5.41) is 3.65. The fourth-order valence-electron chi connectivity index (χ4n) is 2.40. The van der Waals surface area contributed by atoms with Crippen LogP contribution < -0.4 is 5.32 Å². The molecule has 1 heterocycles. The minimum Gasteiger partial charge on any atom is -0.310 e. The van der Waals surface area contributed by atoms with Gasteiger partial charge in [0.25, 0.3) is 0 Å². The Balaban J connectivity index is 2.67. The Bertz CT molecular complexity index is 244. The number of terminal acetylenes is 1. The van der Waals surface area contributed by atoms with E-state index >= 15 is 0 Å². The van der Waals surface area contributed by atoms with Crippen molar-refractivity contribution < 1.29 is 0 Å². The van der Waals surface area contributed by atoms with Crippen LogP contribution >= 0.6 is 0 Å². The molecule has 0 bridgehead atoms. The van der Waals surface area contributed by atoms with E-state index in [1.807, 2.05) is 0 Å². The van der Waals surface area contributed by atoms with E-state index in [4.69, 9.17) is 6.42 Å². The van der Waals surface area contributed by atoms with E-state index < -0.39 is 0 Å². The van der Waals surface area contributed by atoms with Crippen molar-refractivity contribution in [2.45, 2.75) is 58.0 Å². The van der Waals surface area contributed by atoms with Gasteiger partial charge in [0.2, 0.25) is 0 Å². The van der Waals surface area contributed by atoms with E-state index in [9.17, 15) is 0 Å². The first kappa shape index (κ1) is 13.5. The van der Waals surface area contributed by atoms with Crippen molar-refractivity contribution in [1.82, 2.24) is 10.2 Å². The summed E-state index contributed by atoms with van der Waals surface area (Å²) in [7, 11) is 0. The van der Waals surface area contributed by atoms with Crippen molar-refractivity contribution in [2.75, 3.05) is 19.6 Å². The van der Waals surface area contributed by atoms with Gasteiger partial charge < -0.3 is 5.32 Å². The Labute approximate surface area is 101 Å². The summed E-state index contributed by atoms with van der Waals surface area (Å²) in [6, 6.07) is 0.329. The minimum atomic E-state index is 0.235. The van der Waals surface area contributed by atoms with Crippen LogP contribution in [0.3, 0.4) is 0 Å². The SMILES string of the molecule is C#CC(CCC)N1CCCNC(C)(CC)C1. The molecule has 0 amide bonds. The van der Waals surface area contributed by atoms with Crippen LogP contribution in [0.1, 0.15) is 46.5 Å². The molecular weight excluding hydrogens is 196 g/mol. The average molecular weight is 222 g/mol. The molecule has 92 valence electrons. The van der Waals surface area contributed by atoms with Gasteiger partial charge >= 0.3 is 0 Å². The smallest absolute Gasteiger partial charge is 0.0712 e. The molecule has 0 radical (unpaired) electrons. The third-order valence-electron chi connectivity index (χ3n) is 3.70. The molecule has 0 aliphatic carbocycles. The lowest BCUT2D eigenvalue weighted by Crippen LogP contribution is -2.50. The molecule has 1 aliphatic heterocycles. The zero-order chi connectivity index (χ0) is 12.0. The Kier molecular flexibility index (Phi) is 5.31. The first-order chi connectivity index (χ1) is 7.65. The molecule has 2 unspecified atom stereocenters. The average Bonchev–Trinajstić information content (AvgIpc) is 2.49. The summed E-state index contributed by atoms with van der Waals surface area (Å²) in [6.07, 6.45) is 10.3. The second-order valence-electron chi connectivity index (χ2n) is 5.14. The molecule has 0 saturated carbocycles. The van der Waals surface area contributed by atoms with Crippen molar-refractivity contribution in [2.24, 2.45) is 0 Å². The number of hydrogen-bond donors (Lipinski definition) is 1. The summed E-state index contributed by atoms with van der Waals surface area (Å²) in [5.74, 6) is 2.96. The first-order valence-corrected chi connectivity index (χ1v) is 6.60. The van der Waals surface area contributed by atoms with Crippen molar-refractivity contribution in [3.05, 3.63) is 0 Å². The predicted octanol–water partition coefficient (Wildman–Crippen LogP) is 2.25. The first-order valence-electron chi connectivity index (χ1n) is 6.60. The summed E-state index contributed by atoms with van der Waals surface area (Å²) in [5.41, 5.74) is 0.235. The fraction of sp³-hybridized carbons (Fsp3) is 0.857. The summed E-state index contributed by atoms with van der Waals surface area (Å²) >= 11 is 0. The lowest BCUT2D eigenvalue weighted by atomic mass is 9.97. The second-order valence-corrected chi connectivity index (χ2v) is 5.14. The Hall–Kier alpha value is -0.520. The van der Waals surface area contributed by atoms with Crippen LogP contribution in [0.15, 0.2) is 0 Å².